The Labute approximate surface area is 255 Å². The zero-order chi connectivity index (χ0) is 32.1. The molecule has 2 aromatic heterocycles. The number of amides is 1. The Hall–Kier alpha value is -5.30. The standard InChI is InChI=1S/C31H36FN9O3/c1-18(32)30(42)36-23-14-24(27(43-7)15-26(23)40(5)13-12-39(3)4)37-31-35-16-21(29(34)44-19(2)33)28(38-31)22-17-41(6)25-11-9-8-10-20(22)25/h8-11,14-17,33-34H,1,12-13H2,2-7H3,(H,36,42)(H,35,37,38). The van der Waals surface area contributed by atoms with E-state index < -0.39 is 11.7 Å². The molecule has 2 heterocycles. The number of para-hydroxylation sites is 1. The fourth-order valence-corrected chi connectivity index (χ4v) is 4.58. The van der Waals surface area contributed by atoms with Crippen LogP contribution in [0, 0.1) is 10.8 Å². The molecular formula is C31H36FN9O3. The van der Waals surface area contributed by atoms with Crippen LogP contribution in [0.15, 0.2) is 61.2 Å². The summed E-state index contributed by atoms with van der Waals surface area (Å²) in [4.78, 5) is 25.5. The van der Waals surface area contributed by atoms with E-state index in [9.17, 15) is 9.18 Å². The van der Waals surface area contributed by atoms with Crippen molar-refractivity contribution in [2.75, 3.05) is 56.9 Å². The lowest BCUT2D eigenvalue weighted by Gasteiger charge is -2.26. The molecule has 0 fully saturated rings. The highest BCUT2D eigenvalue weighted by atomic mass is 19.1. The Morgan fingerprint density at radius 2 is 1.86 bits per heavy atom. The minimum atomic E-state index is -1.12. The van der Waals surface area contributed by atoms with Gasteiger partial charge in [-0.05, 0) is 26.2 Å². The van der Waals surface area contributed by atoms with Crippen LogP contribution in [0.1, 0.15) is 12.5 Å². The first-order chi connectivity index (χ1) is 20.9. The van der Waals surface area contributed by atoms with E-state index in [0.717, 1.165) is 23.0 Å². The number of fused-ring (bicyclic) bond motifs is 1. The molecule has 44 heavy (non-hydrogen) atoms. The maximum Gasteiger partial charge on any atom is 0.283 e. The van der Waals surface area contributed by atoms with Crippen molar-refractivity contribution in [1.82, 2.24) is 19.4 Å². The summed E-state index contributed by atoms with van der Waals surface area (Å²) in [6, 6.07) is 11.1. The largest absolute Gasteiger partial charge is 0.494 e. The summed E-state index contributed by atoms with van der Waals surface area (Å²) >= 11 is 0. The Balaban J connectivity index is 1.83. The molecule has 4 aromatic rings. The van der Waals surface area contributed by atoms with Gasteiger partial charge in [0.25, 0.3) is 5.91 Å². The molecule has 1 amide bonds. The van der Waals surface area contributed by atoms with Crippen LogP contribution in [0.3, 0.4) is 0 Å². The van der Waals surface area contributed by atoms with Gasteiger partial charge in [0.15, 0.2) is 11.7 Å². The lowest BCUT2D eigenvalue weighted by Crippen LogP contribution is -2.29. The van der Waals surface area contributed by atoms with Gasteiger partial charge in [0.2, 0.25) is 11.8 Å². The first-order valence-corrected chi connectivity index (χ1v) is 13.6. The Morgan fingerprint density at radius 1 is 1.14 bits per heavy atom. The second-order valence-corrected chi connectivity index (χ2v) is 10.4. The van der Waals surface area contributed by atoms with Crippen molar-refractivity contribution in [3.05, 3.63) is 66.8 Å². The van der Waals surface area contributed by atoms with Gasteiger partial charge in [-0.1, -0.05) is 24.8 Å². The van der Waals surface area contributed by atoms with Gasteiger partial charge in [-0.3, -0.25) is 15.6 Å². The molecule has 0 spiro atoms. The fraction of sp³-hybridized carbons (Fsp3) is 0.258. The number of likely N-dealkylation sites (N-methyl/N-ethyl adjacent to an activating group) is 2. The number of benzene rings is 2. The second-order valence-electron chi connectivity index (χ2n) is 10.4. The van der Waals surface area contributed by atoms with Gasteiger partial charge in [-0.15, -0.1) is 0 Å². The lowest BCUT2D eigenvalue weighted by atomic mass is 10.1. The molecule has 0 bridgehead atoms. The van der Waals surface area contributed by atoms with Crippen molar-refractivity contribution in [2.24, 2.45) is 7.05 Å². The van der Waals surface area contributed by atoms with E-state index >= 15 is 0 Å². The molecule has 0 aliphatic heterocycles. The number of nitrogens with one attached hydrogen (secondary N) is 4. The van der Waals surface area contributed by atoms with Crippen molar-refractivity contribution in [1.29, 1.82) is 10.8 Å². The summed E-state index contributed by atoms with van der Waals surface area (Å²) in [5, 5.41) is 22.8. The molecule has 230 valence electrons. The third-order valence-corrected chi connectivity index (χ3v) is 6.79. The normalized spacial score (nSPS) is 10.9. The third-order valence-electron chi connectivity index (χ3n) is 6.79. The molecular weight excluding hydrogens is 565 g/mol. The topological polar surface area (TPSA) is 144 Å². The molecule has 0 radical (unpaired) electrons. The highest BCUT2D eigenvalue weighted by Crippen LogP contribution is 2.39. The number of halogens is 1. The number of anilines is 4. The highest BCUT2D eigenvalue weighted by Gasteiger charge is 2.22. The number of methoxy groups -OCH3 is 1. The predicted octanol–water partition coefficient (Wildman–Crippen LogP) is 5.15. The van der Waals surface area contributed by atoms with Crippen LogP contribution in [0.25, 0.3) is 22.2 Å². The van der Waals surface area contributed by atoms with Crippen LogP contribution >= 0.6 is 0 Å². The first kappa shape index (κ1) is 31.6. The number of hydrogen-bond donors (Lipinski definition) is 4. The number of carbonyl (C=O) groups is 1. The van der Waals surface area contributed by atoms with Crippen LogP contribution in [-0.4, -0.2) is 78.5 Å². The molecule has 0 unspecified atom stereocenters. The van der Waals surface area contributed by atoms with Gasteiger partial charge < -0.3 is 34.5 Å². The number of carbonyl (C=O) groups excluding carboxylic acids is 1. The Kier molecular flexibility index (Phi) is 9.59. The zero-order valence-electron chi connectivity index (χ0n) is 25.6. The molecule has 0 atom stereocenters. The van der Waals surface area contributed by atoms with Crippen LogP contribution < -0.4 is 20.3 Å². The maximum absolute atomic E-state index is 13.7. The van der Waals surface area contributed by atoms with Crippen molar-refractivity contribution < 1.29 is 18.7 Å². The Morgan fingerprint density at radius 3 is 2.52 bits per heavy atom. The number of aromatic nitrogens is 3. The first-order valence-electron chi connectivity index (χ1n) is 13.6. The van der Waals surface area contributed by atoms with E-state index in [1.54, 1.807) is 12.1 Å². The minimum absolute atomic E-state index is 0.146. The van der Waals surface area contributed by atoms with Gasteiger partial charge >= 0.3 is 0 Å². The smallest absolute Gasteiger partial charge is 0.283 e. The van der Waals surface area contributed by atoms with E-state index in [-0.39, 0.29) is 23.3 Å². The van der Waals surface area contributed by atoms with Gasteiger partial charge in [-0.2, -0.15) is 0 Å². The average Bonchev–Trinajstić information content (AvgIpc) is 3.31. The van der Waals surface area contributed by atoms with Crippen LogP contribution in [0.4, 0.5) is 27.4 Å². The van der Waals surface area contributed by atoms with Gasteiger partial charge in [0.1, 0.15) is 5.75 Å². The molecule has 0 saturated carbocycles. The van der Waals surface area contributed by atoms with Crippen molar-refractivity contribution in [3.63, 3.8) is 0 Å². The summed E-state index contributed by atoms with van der Waals surface area (Å²) < 4.78 is 26.7. The summed E-state index contributed by atoms with van der Waals surface area (Å²) in [6.07, 6.45) is 3.35. The molecule has 12 nitrogen and oxygen atoms in total. The number of hydrogen-bond acceptors (Lipinski definition) is 10. The summed E-state index contributed by atoms with van der Waals surface area (Å²) in [7, 11) is 9.19. The van der Waals surface area contributed by atoms with Crippen LogP contribution in [0.5, 0.6) is 5.75 Å². The van der Waals surface area contributed by atoms with E-state index in [0.29, 0.717) is 35.1 Å². The summed E-state index contributed by atoms with van der Waals surface area (Å²) in [6.45, 7) is 5.89. The van der Waals surface area contributed by atoms with Crippen molar-refractivity contribution in [2.45, 2.75) is 6.92 Å². The zero-order valence-corrected chi connectivity index (χ0v) is 25.6. The molecule has 4 N–H and O–H groups in total. The number of aryl methyl sites for hydroxylation is 1. The van der Waals surface area contributed by atoms with Gasteiger partial charge in [-0.25, -0.2) is 14.4 Å². The second kappa shape index (κ2) is 13.3. The number of ether oxygens (including phenoxy) is 2. The summed E-state index contributed by atoms with van der Waals surface area (Å²) in [5.74, 6) is -1.93. The summed E-state index contributed by atoms with van der Waals surface area (Å²) in [5.41, 5.74) is 3.71. The van der Waals surface area contributed by atoms with Gasteiger partial charge in [0, 0.05) is 69.0 Å². The Bertz CT molecular complexity index is 1750. The predicted molar refractivity (Wildman–Crippen MR) is 172 cm³/mol. The number of rotatable bonds is 11. The van der Waals surface area contributed by atoms with Crippen molar-refractivity contribution in [3.8, 4) is 17.0 Å². The van der Waals surface area contributed by atoms with E-state index in [4.69, 9.17) is 25.3 Å². The maximum atomic E-state index is 13.7. The molecule has 4 rings (SSSR count). The van der Waals surface area contributed by atoms with E-state index in [2.05, 4.69) is 22.2 Å². The average molecular weight is 602 g/mol. The van der Waals surface area contributed by atoms with Crippen molar-refractivity contribution >= 4 is 51.6 Å². The lowest BCUT2D eigenvalue weighted by molar-refractivity contribution is -0.114. The molecule has 0 aliphatic carbocycles. The molecule has 0 saturated heterocycles. The molecule has 0 aliphatic rings. The molecule has 13 heteroatoms. The van der Waals surface area contributed by atoms with E-state index in [1.165, 1.54) is 20.2 Å². The van der Waals surface area contributed by atoms with E-state index in [1.807, 2.05) is 73.0 Å². The van der Waals surface area contributed by atoms with Gasteiger partial charge in [0.05, 0.1) is 35.4 Å². The quantitative estimate of drug-likeness (QED) is 0.105. The number of nitrogens with zero attached hydrogens (tertiary/aromatic N) is 5. The monoisotopic (exact) mass is 601 g/mol. The van der Waals surface area contributed by atoms with Crippen LogP contribution in [-0.2, 0) is 16.6 Å². The molecule has 2 aromatic carbocycles. The minimum Gasteiger partial charge on any atom is -0.494 e. The van der Waals surface area contributed by atoms with Crippen LogP contribution in [0.2, 0.25) is 0 Å². The SMILES string of the molecule is C=C(F)C(=O)Nc1cc(Nc2ncc(C(=N)OC(C)=N)c(-c3cn(C)c4ccccc34)n2)c(OC)cc1N(C)CCN(C)C. The highest BCUT2D eigenvalue weighted by molar-refractivity contribution is 6.07. The fourth-order valence-electron chi connectivity index (χ4n) is 4.58. The third kappa shape index (κ3) is 7.01.